The molecular formula is C12H19NO. The van der Waals surface area contributed by atoms with Gasteiger partial charge in [-0.25, -0.2) is 0 Å². The van der Waals surface area contributed by atoms with Gasteiger partial charge in [0, 0.05) is 6.42 Å². The van der Waals surface area contributed by atoms with Crippen LogP contribution >= 0.6 is 0 Å². The molecule has 0 aliphatic carbocycles. The Labute approximate surface area is 85.8 Å². The fourth-order valence-electron chi connectivity index (χ4n) is 1.34. The van der Waals surface area contributed by atoms with Crippen molar-refractivity contribution in [2.24, 2.45) is 5.73 Å². The van der Waals surface area contributed by atoms with E-state index >= 15 is 0 Å². The Morgan fingerprint density at radius 3 is 2.71 bits per heavy atom. The minimum absolute atomic E-state index is 0.0391. The summed E-state index contributed by atoms with van der Waals surface area (Å²) >= 11 is 0. The zero-order valence-corrected chi connectivity index (χ0v) is 9.05. The first-order valence-electron chi connectivity index (χ1n) is 5.18. The molecule has 0 bridgehead atoms. The van der Waals surface area contributed by atoms with E-state index in [2.05, 4.69) is 20.4 Å². The molecular weight excluding hydrogens is 174 g/mol. The fourth-order valence-corrected chi connectivity index (χ4v) is 1.34. The van der Waals surface area contributed by atoms with Crippen molar-refractivity contribution in [3.05, 3.63) is 35.8 Å². The van der Waals surface area contributed by atoms with Gasteiger partial charge in [0.2, 0.25) is 0 Å². The summed E-state index contributed by atoms with van der Waals surface area (Å²) in [5.74, 6) is 1.87. The molecule has 0 saturated heterocycles. The standard InChI is InChI=1S/C12H19NO/c1-4-9(3)8-11(13)12-7-6-10(5-2)14-12/h6-7,11H,3-5,8,13H2,1-2H3. The molecule has 78 valence electrons. The van der Waals surface area contributed by atoms with Crippen molar-refractivity contribution in [2.45, 2.75) is 39.2 Å². The summed E-state index contributed by atoms with van der Waals surface area (Å²) in [5.41, 5.74) is 7.16. The van der Waals surface area contributed by atoms with Crippen LogP contribution in [0.5, 0.6) is 0 Å². The minimum Gasteiger partial charge on any atom is -0.464 e. The molecule has 0 amide bonds. The lowest BCUT2D eigenvalue weighted by Gasteiger charge is -2.09. The van der Waals surface area contributed by atoms with Gasteiger partial charge >= 0.3 is 0 Å². The second-order valence-electron chi connectivity index (χ2n) is 3.57. The summed E-state index contributed by atoms with van der Waals surface area (Å²) in [7, 11) is 0. The number of furan rings is 1. The molecule has 0 aromatic carbocycles. The predicted octanol–water partition coefficient (Wildman–Crippen LogP) is 3.20. The van der Waals surface area contributed by atoms with Crippen molar-refractivity contribution in [3.8, 4) is 0 Å². The van der Waals surface area contributed by atoms with Gasteiger partial charge in [0.25, 0.3) is 0 Å². The molecule has 2 N–H and O–H groups in total. The van der Waals surface area contributed by atoms with Gasteiger partial charge in [-0.2, -0.15) is 0 Å². The molecule has 1 atom stereocenters. The molecule has 2 nitrogen and oxygen atoms in total. The first-order chi connectivity index (χ1) is 6.67. The zero-order valence-electron chi connectivity index (χ0n) is 9.05. The minimum atomic E-state index is -0.0391. The first-order valence-corrected chi connectivity index (χ1v) is 5.18. The predicted molar refractivity (Wildman–Crippen MR) is 59.1 cm³/mol. The molecule has 0 fully saturated rings. The SMILES string of the molecule is C=C(CC)CC(N)c1ccc(CC)o1. The molecule has 1 heterocycles. The maximum atomic E-state index is 5.98. The van der Waals surface area contributed by atoms with Gasteiger partial charge in [-0.1, -0.05) is 26.0 Å². The average molecular weight is 193 g/mol. The first kappa shape index (κ1) is 11.1. The Morgan fingerprint density at radius 2 is 2.21 bits per heavy atom. The third kappa shape index (κ3) is 2.74. The molecule has 2 heteroatoms. The Kier molecular flexibility index (Phi) is 3.96. The molecule has 0 saturated carbocycles. The van der Waals surface area contributed by atoms with E-state index in [4.69, 9.17) is 10.2 Å². The van der Waals surface area contributed by atoms with E-state index in [1.165, 1.54) is 5.57 Å². The van der Waals surface area contributed by atoms with Gasteiger partial charge in [0.1, 0.15) is 11.5 Å². The Hall–Kier alpha value is -1.02. The Bertz CT molecular complexity index is 301. The summed E-state index contributed by atoms with van der Waals surface area (Å²) in [5, 5.41) is 0. The van der Waals surface area contributed by atoms with E-state index in [0.717, 1.165) is 30.8 Å². The van der Waals surface area contributed by atoms with E-state index in [0.29, 0.717) is 0 Å². The molecule has 0 aliphatic heterocycles. The highest BCUT2D eigenvalue weighted by Crippen LogP contribution is 2.21. The van der Waals surface area contributed by atoms with E-state index in [1.54, 1.807) is 0 Å². The van der Waals surface area contributed by atoms with E-state index < -0.39 is 0 Å². The molecule has 1 aromatic rings. The maximum absolute atomic E-state index is 5.98. The smallest absolute Gasteiger partial charge is 0.121 e. The number of aryl methyl sites for hydroxylation is 1. The zero-order chi connectivity index (χ0) is 10.6. The van der Waals surface area contributed by atoms with E-state index in [9.17, 15) is 0 Å². The Morgan fingerprint density at radius 1 is 1.50 bits per heavy atom. The lowest BCUT2D eigenvalue weighted by atomic mass is 10.0. The number of hydrogen-bond acceptors (Lipinski definition) is 2. The molecule has 14 heavy (non-hydrogen) atoms. The van der Waals surface area contributed by atoms with E-state index in [-0.39, 0.29) is 6.04 Å². The van der Waals surface area contributed by atoms with Gasteiger partial charge in [0.05, 0.1) is 6.04 Å². The highest BCUT2D eigenvalue weighted by molar-refractivity contribution is 5.12. The monoisotopic (exact) mass is 193 g/mol. The van der Waals surface area contributed by atoms with Crippen LogP contribution in [0.4, 0.5) is 0 Å². The van der Waals surface area contributed by atoms with Crippen LogP contribution in [0.1, 0.15) is 44.3 Å². The largest absolute Gasteiger partial charge is 0.464 e. The molecule has 0 aliphatic rings. The average Bonchev–Trinajstić information content (AvgIpc) is 2.65. The summed E-state index contributed by atoms with van der Waals surface area (Å²) in [6.45, 7) is 8.10. The van der Waals surface area contributed by atoms with Crippen molar-refractivity contribution in [2.75, 3.05) is 0 Å². The van der Waals surface area contributed by atoms with Crippen LogP contribution in [-0.2, 0) is 6.42 Å². The van der Waals surface area contributed by atoms with Crippen LogP contribution in [0.15, 0.2) is 28.7 Å². The van der Waals surface area contributed by atoms with Crippen molar-refractivity contribution in [1.82, 2.24) is 0 Å². The summed E-state index contributed by atoms with van der Waals surface area (Å²) in [6, 6.07) is 3.92. The maximum Gasteiger partial charge on any atom is 0.121 e. The van der Waals surface area contributed by atoms with Crippen LogP contribution in [0, 0.1) is 0 Å². The van der Waals surface area contributed by atoms with Crippen molar-refractivity contribution in [1.29, 1.82) is 0 Å². The molecule has 1 rings (SSSR count). The van der Waals surface area contributed by atoms with Gasteiger partial charge < -0.3 is 10.2 Å². The van der Waals surface area contributed by atoms with Gasteiger partial charge in [-0.15, -0.1) is 0 Å². The van der Waals surface area contributed by atoms with Crippen LogP contribution in [0.25, 0.3) is 0 Å². The highest BCUT2D eigenvalue weighted by atomic mass is 16.3. The molecule has 1 unspecified atom stereocenters. The normalized spacial score (nSPS) is 12.8. The van der Waals surface area contributed by atoms with Gasteiger partial charge in [-0.05, 0) is 25.0 Å². The topological polar surface area (TPSA) is 39.2 Å². The van der Waals surface area contributed by atoms with Crippen LogP contribution in [0.3, 0.4) is 0 Å². The second kappa shape index (κ2) is 5.01. The molecule has 0 radical (unpaired) electrons. The van der Waals surface area contributed by atoms with Crippen LogP contribution < -0.4 is 5.73 Å². The number of rotatable bonds is 5. The number of hydrogen-bond donors (Lipinski definition) is 1. The fraction of sp³-hybridized carbons (Fsp3) is 0.500. The van der Waals surface area contributed by atoms with Crippen molar-refractivity contribution >= 4 is 0 Å². The molecule has 0 spiro atoms. The lowest BCUT2D eigenvalue weighted by molar-refractivity contribution is 0.433. The van der Waals surface area contributed by atoms with Crippen molar-refractivity contribution < 1.29 is 4.42 Å². The third-order valence-corrected chi connectivity index (χ3v) is 2.40. The van der Waals surface area contributed by atoms with Crippen LogP contribution in [-0.4, -0.2) is 0 Å². The van der Waals surface area contributed by atoms with Gasteiger partial charge in [0.15, 0.2) is 0 Å². The Balaban J connectivity index is 2.60. The highest BCUT2D eigenvalue weighted by Gasteiger charge is 2.11. The summed E-state index contributed by atoms with van der Waals surface area (Å²) < 4.78 is 5.57. The summed E-state index contributed by atoms with van der Waals surface area (Å²) in [4.78, 5) is 0. The second-order valence-corrected chi connectivity index (χ2v) is 3.57. The summed E-state index contributed by atoms with van der Waals surface area (Å²) in [6.07, 6.45) is 2.71. The van der Waals surface area contributed by atoms with Gasteiger partial charge in [-0.3, -0.25) is 0 Å². The molecule has 1 aromatic heterocycles. The lowest BCUT2D eigenvalue weighted by Crippen LogP contribution is -2.09. The van der Waals surface area contributed by atoms with E-state index in [1.807, 2.05) is 12.1 Å². The number of nitrogens with two attached hydrogens (primary N) is 1. The van der Waals surface area contributed by atoms with Crippen molar-refractivity contribution in [3.63, 3.8) is 0 Å². The third-order valence-electron chi connectivity index (χ3n) is 2.40. The quantitative estimate of drug-likeness (QED) is 0.729. The van der Waals surface area contributed by atoms with Crippen LogP contribution in [0.2, 0.25) is 0 Å².